The molecule has 0 radical (unpaired) electrons. The lowest BCUT2D eigenvalue weighted by Crippen LogP contribution is -2.41. The summed E-state index contributed by atoms with van der Waals surface area (Å²) in [5, 5.41) is 13.2. The van der Waals surface area contributed by atoms with E-state index in [2.05, 4.69) is 16.5 Å². The van der Waals surface area contributed by atoms with Gasteiger partial charge >= 0.3 is 6.03 Å². The fourth-order valence-electron chi connectivity index (χ4n) is 3.71. The highest BCUT2D eigenvalue weighted by molar-refractivity contribution is 6.14. The molecule has 0 unspecified atom stereocenters. The molecule has 1 aromatic heterocycles. The van der Waals surface area contributed by atoms with E-state index in [0.29, 0.717) is 6.42 Å². The van der Waals surface area contributed by atoms with Crippen LogP contribution in [0.3, 0.4) is 0 Å². The summed E-state index contributed by atoms with van der Waals surface area (Å²) in [5.74, 6) is 0.759. The Bertz CT molecular complexity index is 1100. The van der Waals surface area contributed by atoms with Crippen LogP contribution in [0.1, 0.15) is 23.6 Å². The number of fused-ring (bicyclic) bond motifs is 1. The van der Waals surface area contributed by atoms with Crippen LogP contribution in [0.2, 0.25) is 0 Å². The number of aromatic nitrogens is 2. The van der Waals surface area contributed by atoms with Gasteiger partial charge in [-0.2, -0.15) is 10.2 Å². The number of urea groups is 1. The van der Waals surface area contributed by atoms with Gasteiger partial charge in [0.05, 0.1) is 25.1 Å². The number of methoxy groups -OCH3 is 1. The van der Waals surface area contributed by atoms with E-state index in [1.54, 1.807) is 18.8 Å². The van der Waals surface area contributed by atoms with Crippen molar-refractivity contribution in [2.24, 2.45) is 12.1 Å². The molecule has 2 aromatic carbocycles. The first-order valence-electron chi connectivity index (χ1n) is 9.86. The molecule has 4 rings (SSSR count). The maximum Gasteiger partial charge on any atom is 0.337 e. The molecule has 0 spiro atoms. The molecule has 1 atom stereocenters. The number of amides is 2. The summed E-state index contributed by atoms with van der Waals surface area (Å²) in [6.45, 7) is 2.00. The Hall–Kier alpha value is -3.61. The number of hydrazone groups is 1. The average Bonchev–Trinajstić information content (AvgIpc) is 3.14. The Morgan fingerprint density at radius 2 is 1.87 bits per heavy atom. The van der Waals surface area contributed by atoms with Gasteiger partial charge in [-0.05, 0) is 36.6 Å². The van der Waals surface area contributed by atoms with Gasteiger partial charge in [-0.1, -0.05) is 30.3 Å². The highest BCUT2D eigenvalue weighted by Crippen LogP contribution is 2.28. The molecule has 7 heteroatoms. The Morgan fingerprint density at radius 1 is 1.13 bits per heavy atom. The molecule has 0 saturated heterocycles. The Morgan fingerprint density at radius 3 is 2.50 bits per heavy atom. The zero-order valence-electron chi connectivity index (χ0n) is 17.6. The fraction of sp³-hybridized carbons (Fsp3) is 0.261. The van der Waals surface area contributed by atoms with Crippen molar-refractivity contribution in [3.63, 3.8) is 0 Å². The van der Waals surface area contributed by atoms with Crippen LogP contribution in [0.15, 0.2) is 60.0 Å². The first kappa shape index (κ1) is 19.7. The van der Waals surface area contributed by atoms with E-state index in [0.717, 1.165) is 39.3 Å². The van der Waals surface area contributed by atoms with E-state index in [1.165, 1.54) is 5.01 Å². The van der Waals surface area contributed by atoms with Crippen molar-refractivity contribution >= 4 is 11.7 Å². The number of rotatable bonds is 3. The average molecular weight is 403 g/mol. The predicted octanol–water partition coefficient (Wildman–Crippen LogP) is 3.43. The van der Waals surface area contributed by atoms with Crippen LogP contribution in [-0.2, 0) is 13.5 Å². The number of nitrogens with zero attached hydrogens (tertiary/aromatic N) is 4. The van der Waals surface area contributed by atoms with Crippen molar-refractivity contribution in [3.8, 4) is 16.9 Å². The first-order valence-corrected chi connectivity index (χ1v) is 9.86. The van der Waals surface area contributed by atoms with Gasteiger partial charge in [-0.15, -0.1) is 0 Å². The number of hydrogen-bond acceptors (Lipinski definition) is 4. The van der Waals surface area contributed by atoms with Crippen molar-refractivity contribution in [3.05, 3.63) is 71.5 Å². The number of ether oxygens (including phenoxy) is 1. The third kappa shape index (κ3) is 3.66. The SMILES string of the molecule is CNC(=O)N1N=C(c2ccc(-c3cnn(C)c3)cc2)c2cc(OC)ccc2C[C@@H]1C. The van der Waals surface area contributed by atoms with Gasteiger partial charge in [-0.25, -0.2) is 9.80 Å². The van der Waals surface area contributed by atoms with Crippen molar-refractivity contribution in [2.45, 2.75) is 19.4 Å². The lowest BCUT2D eigenvalue weighted by atomic mass is 9.93. The summed E-state index contributed by atoms with van der Waals surface area (Å²) in [6, 6.07) is 13.8. The molecule has 0 bridgehead atoms. The van der Waals surface area contributed by atoms with Gasteiger partial charge < -0.3 is 10.1 Å². The monoisotopic (exact) mass is 403 g/mol. The fourth-order valence-corrected chi connectivity index (χ4v) is 3.71. The topological polar surface area (TPSA) is 71.8 Å². The molecule has 1 aliphatic heterocycles. The van der Waals surface area contributed by atoms with E-state index in [4.69, 9.17) is 9.84 Å². The second-order valence-corrected chi connectivity index (χ2v) is 7.40. The molecule has 3 aromatic rings. The molecule has 7 nitrogen and oxygen atoms in total. The molecule has 0 fully saturated rings. The summed E-state index contributed by atoms with van der Waals surface area (Å²) in [6.07, 6.45) is 4.52. The molecule has 1 aliphatic rings. The second-order valence-electron chi connectivity index (χ2n) is 7.40. The zero-order chi connectivity index (χ0) is 21.3. The zero-order valence-corrected chi connectivity index (χ0v) is 17.6. The van der Waals surface area contributed by atoms with Gasteiger partial charge in [0, 0.05) is 37.0 Å². The molecule has 154 valence electrons. The van der Waals surface area contributed by atoms with Crippen molar-refractivity contribution in [1.82, 2.24) is 20.1 Å². The van der Waals surface area contributed by atoms with Gasteiger partial charge in [0.2, 0.25) is 0 Å². The summed E-state index contributed by atoms with van der Waals surface area (Å²) in [7, 11) is 5.17. The first-order chi connectivity index (χ1) is 14.5. The van der Waals surface area contributed by atoms with E-state index in [9.17, 15) is 4.79 Å². The van der Waals surface area contributed by atoms with E-state index < -0.39 is 0 Å². The standard InChI is InChI=1S/C23H25N5O2/c1-15-11-18-9-10-20(30-4)12-21(18)22(26-28(15)23(29)24-2)17-7-5-16(6-8-17)19-13-25-27(3)14-19/h5-10,12-15H,11H2,1-4H3,(H,24,29)/t15-/m0/s1. The van der Waals surface area contributed by atoms with Crippen LogP contribution in [0.25, 0.3) is 11.1 Å². The van der Waals surface area contributed by atoms with Gasteiger partial charge in [0.1, 0.15) is 5.75 Å². The number of aryl methyl sites for hydroxylation is 1. The third-order valence-corrected chi connectivity index (χ3v) is 5.33. The minimum atomic E-state index is -0.230. The van der Waals surface area contributed by atoms with Gasteiger partial charge in [0.15, 0.2) is 0 Å². The van der Waals surface area contributed by atoms with Crippen LogP contribution < -0.4 is 10.1 Å². The number of nitrogens with one attached hydrogen (secondary N) is 1. The van der Waals surface area contributed by atoms with Crippen LogP contribution >= 0.6 is 0 Å². The van der Waals surface area contributed by atoms with E-state index in [1.807, 2.05) is 62.8 Å². The van der Waals surface area contributed by atoms with Crippen LogP contribution in [-0.4, -0.2) is 46.7 Å². The quantitative estimate of drug-likeness (QED) is 0.728. The minimum absolute atomic E-state index is 0.0794. The normalized spacial score (nSPS) is 15.8. The highest BCUT2D eigenvalue weighted by Gasteiger charge is 2.27. The van der Waals surface area contributed by atoms with Crippen molar-refractivity contribution < 1.29 is 9.53 Å². The minimum Gasteiger partial charge on any atom is -0.497 e. The van der Waals surface area contributed by atoms with Crippen molar-refractivity contribution in [2.75, 3.05) is 14.2 Å². The largest absolute Gasteiger partial charge is 0.497 e. The van der Waals surface area contributed by atoms with Gasteiger partial charge in [-0.3, -0.25) is 4.68 Å². The molecule has 2 amide bonds. The Labute approximate surface area is 176 Å². The van der Waals surface area contributed by atoms with E-state index in [-0.39, 0.29) is 12.1 Å². The lowest BCUT2D eigenvalue weighted by molar-refractivity contribution is 0.184. The molecule has 30 heavy (non-hydrogen) atoms. The van der Waals surface area contributed by atoms with Gasteiger partial charge in [0.25, 0.3) is 0 Å². The smallest absolute Gasteiger partial charge is 0.337 e. The second kappa shape index (κ2) is 8.02. The Balaban J connectivity index is 1.82. The lowest BCUT2D eigenvalue weighted by Gasteiger charge is -2.22. The summed E-state index contributed by atoms with van der Waals surface area (Å²) >= 11 is 0. The summed E-state index contributed by atoms with van der Waals surface area (Å²) in [4.78, 5) is 12.5. The Kier molecular flexibility index (Phi) is 5.27. The van der Waals surface area contributed by atoms with Crippen LogP contribution in [0.4, 0.5) is 4.79 Å². The summed E-state index contributed by atoms with van der Waals surface area (Å²) in [5.41, 5.74) is 5.90. The maximum atomic E-state index is 12.5. The number of benzene rings is 2. The third-order valence-electron chi connectivity index (χ3n) is 5.33. The van der Waals surface area contributed by atoms with Crippen LogP contribution in [0.5, 0.6) is 5.75 Å². The van der Waals surface area contributed by atoms with E-state index >= 15 is 0 Å². The number of carbonyl (C=O) groups is 1. The molecule has 1 N–H and O–H groups in total. The maximum absolute atomic E-state index is 12.5. The summed E-state index contributed by atoms with van der Waals surface area (Å²) < 4.78 is 7.23. The molecular weight excluding hydrogens is 378 g/mol. The molecule has 0 saturated carbocycles. The molecular formula is C23H25N5O2. The van der Waals surface area contributed by atoms with Crippen LogP contribution in [0, 0.1) is 0 Å². The number of carbonyl (C=O) groups excluding carboxylic acids is 1. The number of hydrogen-bond donors (Lipinski definition) is 1. The van der Waals surface area contributed by atoms with Crippen molar-refractivity contribution in [1.29, 1.82) is 0 Å². The molecule has 0 aliphatic carbocycles. The molecule has 2 heterocycles. The highest BCUT2D eigenvalue weighted by atomic mass is 16.5. The predicted molar refractivity (Wildman–Crippen MR) is 117 cm³/mol.